The number of carbonyl (C=O) groups is 1. The van der Waals surface area contributed by atoms with E-state index in [-0.39, 0.29) is 39.0 Å². The Bertz CT molecular complexity index is 1070. The molecular weight excluding hydrogens is 461 g/mol. The molecule has 1 fully saturated rings. The van der Waals surface area contributed by atoms with Crippen LogP contribution in [-0.4, -0.2) is 44.8 Å². The lowest BCUT2D eigenvalue weighted by Gasteiger charge is -2.32. The predicted octanol–water partition coefficient (Wildman–Crippen LogP) is 3.57. The summed E-state index contributed by atoms with van der Waals surface area (Å²) in [6.07, 6.45) is -4.23. The summed E-state index contributed by atoms with van der Waals surface area (Å²) in [5.41, 5.74) is 0.129. The highest BCUT2D eigenvalue weighted by atomic mass is 35.5. The highest BCUT2D eigenvalue weighted by Gasteiger charge is 2.31. The summed E-state index contributed by atoms with van der Waals surface area (Å²) in [4.78, 5) is 13.9. The Morgan fingerprint density at radius 3 is 2.35 bits per heavy atom. The number of nitrogens with two attached hydrogens (primary N) is 1. The van der Waals surface area contributed by atoms with E-state index in [4.69, 9.17) is 21.5 Å². The van der Waals surface area contributed by atoms with Crippen LogP contribution in [0.1, 0.15) is 23.2 Å². The molecule has 1 amide bonds. The Morgan fingerprint density at radius 1 is 1.10 bits per heavy atom. The maximum atomic E-state index is 12.7. The molecule has 0 spiro atoms. The SMILES string of the molecule is NS(=O)(=O)c1cc(C(=O)N2CCC(Oc3cccc(OC(F)(F)F)c3)CC2)ccc1Cl. The molecule has 0 bridgehead atoms. The summed E-state index contributed by atoms with van der Waals surface area (Å²) < 4.78 is 69.9. The molecule has 0 unspecified atom stereocenters. The number of carbonyl (C=O) groups excluding carboxylic acids is 1. The van der Waals surface area contributed by atoms with Gasteiger partial charge in [0.15, 0.2) is 0 Å². The zero-order valence-electron chi connectivity index (χ0n) is 15.9. The van der Waals surface area contributed by atoms with Gasteiger partial charge in [0.2, 0.25) is 10.0 Å². The molecule has 0 saturated carbocycles. The van der Waals surface area contributed by atoms with Crippen LogP contribution in [0.2, 0.25) is 5.02 Å². The minimum atomic E-state index is -4.80. The Hall–Kier alpha value is -2.50. The highest BCUT2D eigenvalue weighted by Crippen LogP contribution is 2.28. The van der Waals surface area contributed by atoms with E-state index in [0.29, 0.717) is 25.9 Å². The molecule has 2 aromatic carbocycles. The Morgan fingerprint density at radius 2 is 1.74 bits per heavy atom. The summed E-state index contributed by atoms with van der Waals surface area (Å²) in [5.74, 6) is -0.548. The Labute approximate surface area is 181 Å². The summed E-state index contributed by atoms with van der Waals surface area (Å²) in [6, 6.07) is 9.06. The zero-order chi connectivity index (χ0) is 22.8. The van der Waals surface area contributed by atoms with Crippen molar-refractivity contribution in [3.63, 3.8) is 0 Å². The van der Waals surface area contributed by atoms with Crippen LogP contribution in [0.4, 0.5) is 13.2 Å². The lowest BCUT2D eigenvalue weighted by molar-refractivity contribution is -0.274. The van der Waals surface area contributed by atoms with Crippen molar-refractivity contribution in [2.24, 2.45) is 5.14 Å². The number of likely N-dealkylation sites (tertiary alicyclic amines) is 1. The van der Waals surface area contributed by atoms with Crippen LogP contribution in [0.3, 0.4) is 0 Å². The zero-order valence-corrected chi connectivity index (χ0v) is 17.5. The van der Waals surface area contributed by atoms with Crippen molar-refractivity contribution in [2.45, 2.75) is 30.2 Å². The van der Waals surface area contributed by atoms with Gasteiger partial charge >= 0.3 is 6.36 Å². The van der Waals surface area contributed by atoms with E-state index >= 15 is 0 Å². The summed E-state index contributed by atoms with van der Waals surface area (Å²) in [7, 11) is -4.08. The number of amides is 1. The first-order chi connectivity index (χ1) is 14.4. The molecule has 168 valence electrons. The van der Waals surface area contributed by atoms with Crippen LogP contribution in [0.25, 0.3) is 0 Å². The number of hydrogen-bond donors (Lipinski definition) is 1. The first-order valence-electron chi connectivity index (χ1n) is 9.06. The van der Waals surface area contributed by atoms with E-state index in [1.165, 1.54) is 35.2 Å². The van der Waals surface area contributed by atoms with Crippen molar-refractivity contribution < 1.29 is 35.9 Å². The minimum Gasteiger partial charge on any atom is -0.490 e. The van der Waals surface area contributed by atoms with Gasteiger partial charge in [0.05, 0.1) is 5.02 Å². The molecule has 0 aromatic heterocycles. The summed E-state index contributed by atoms with van der Waals surface area (Å²) in [6.45, 7) is 0.630. The Balaban J connectivity index is 1.61. The molecule has 1 aliphatic heterocycles. The monoisotopic (exact) mass is 478 g/mol. The topological polar surface area (TPSA) is 98.9 Å². The van der Waals surface area contributed by atoms with Crippen molar-refractivity contribution in [3.05, 3.63) is 53.1 Å². The van der Waals surface area contributed by atoms with E-state index in [9.17, 15) is 26.4 Å². The van der Waals surface area contributed by atoms with Crippen LogP contribution >= 0.6 is 11.6 Å². The number of halogens is 4. The fourth-order valence-corrected chi connectivity index (χ4v) is 4.22. The number of benzene rings is 2. The second-order valence-electron chi connectivity index (χ2n) is 6.82. The van der Waals surface area contributed by atoms with Gasteiger partial charge in [-0.15, -0.1) is 13.2 Å². The van der Waals surface area contributed by atoms with Crippen LogP contribution in [0.15, 0.2) is 47.4 Å². The molecule has 1 aliphatic rings. The number of hydrogen-bond acceptors (Lipinski definition) is 5. The van der Waals surface area contributed by atoms with Gasteiger partial charge in [0.25, 0.3) is 5.91 Å². The smallest absolute Gasteiger partial charge is 0.490 e. The van der Waals surface area contributed by atoms with Crippen LogP contribution in [-0.2, 0) is 10.0 Å². The fraction of sp³-hybridized carbons (Fsp3) is 0.316. The quantitative estimate of drug-likeness (QED) is 0.708. The average molecular weight is 479 g/mol. The predicted molar refractivity (Wildman–Crippen MR) is 106 cm³/mol. The molecule has 1 heterocycles. The normalized spacial score (nSPS) is 15.6. The van der Waals surface area contributed by atoms with E-state index in [2.05, 4.69) is 4.74 Å². The molecule has 3 rings (SSSR count). The van der Waals surface area contributed by atoms with E-state index < -0.39 is 16.4 Å². The third-order valence-electron chi connectivity index (χ3n) is 4.56. The maximum Gasteiger partial charge on any atom is 0.573 e. The minimum absolute atomic E-state index is 0.0807. The van der Waals surface area contributed by atoms with Crippen molar-refractivity contribution in [3.8, 4) is 11.5 Å². The van der Waals surface area contributed by atoms with Crippen LogP contribution in [0.5, 0.6) is 11.5 Å². The lowest BCUT2D eigenvalue weighted by Crippen LogP contribution is -2.41. The van der Waals surface area contributed by atoms with Gasteiger partial charge < -0.3 is 14.4 Å². The number of nitrogens with zero attached hydrogens (tertiary/aromatic N) is 1. The molecular formula is C19H18ClF3N2O5S. The van der Waals surface area contributed by atoms with Crippen molar-refractivity contribution in [2.75, 3.05) is 13.1 Å². The fourth-order valence-electron chi connectivity index (χ4n) is 3.15. The number of piperidine rings is 1. The molecule has 0 radical (unpaired) electrons. The molecule has 1 saturated heterocycles. The van der Waals surface area contributed by atoms with Crippen LogP contribution < -0.4 is 14.6 Å². The average Bonchev–Trinajstić information content (AvgIpc) is 2.66. The van der Waals surface area contributed by atoms with Gasteiger partial charge in [-0.3, -0.25) is 4.79 Å². The molecule has 31 heavy (non-hydrogen) atoms. The first-order valence-corrected chi connectivity index (χ1v) is 11.0. The van der Waals surface area contributed by atoms with Gasteiger partial charge in [-0.05, 0) is 30.3 Å². The summed E-state index contributed by atoms with van der Waals surface area (Å²) in [5, 5.41) is 5.04. The van der Waals surface area contributed by atoms with Crippen molar-refractivity contribution >= 4 is 27.5 Å². The largest absolute Gasteiger partial charge is 0.573 e. The van der Waals surface area contributed by atoms with E-state index in [1.54, 1.807) is 0 Å². The lowest BCUT2D eigenvalue weighted by atomic mass is 10.1. The van der Waals surface area contributed by atoms with Gasteiger partial charge in [0.1, 0.15) is 22.5 Å². The molecule has 0 atom stereocenters. The molecule has 0 aliphatic carbocycles. The second kappa shape index (κ2) is 8.93. The van der Waals surface area contributed by atoms with Gasteiger partial charge in [-0.1, -0.05) is 17.7 Å². The molecule has 2 N–H and O–H groups in total. The van der Waals surface area contributed by atoms with E-state index in [1.807, 2.05) is 0 Å². The van der Waals surface area contributed by atoms with Gasteiger partial charge in [-0.25, -0.2) is 13.6 Å². The van der Waals surface area contributed by atoms with Crippen LogP contribution in [0, 0.1) is 0 Å². The number of alkyl halides is 3. The summed E-state index contributed by atoms with van der Waals surface area (Å²) >= 11 is 5.84. The van der Waals surface area contributed by atoms with Gasteiger partial charge in [-0.2, -0.15) is 0 Å². The number of rotatable bonds is 5. The van der Waals surface area contributed by atoms with Crippen molar-refractivity contribution in [1.29, 1.82) is 0 Å². The van der Waals surface area contributed by atoms with E-state index in [0.717, 1.165) is 12.1 Å². The first kappa shape index (κ1) is 23.2. The van der Waals surface area contributed by atoms with Crippen molar-refractivity contribution in [1.82, 2.24) is 4.90 Å². The molecule has 12 heteroatoms. The third kappa shape index (κ3) is 6.25. The maximum absolute atomic E-state index is 12.7. The third-order valence-corrected chi connectivity index (χ3v) is 5.95. The highest BCUT2D eigenvalue weighted by molar-refractivity contribution is 7.89. The second-order valence-corrected chi connectivity index (χ2v) is 8.76. The van der Waals surface area contributed by atoms with Gasteiger partial charge in [0, 0.05) is 37.6 Å². The Kier molecular flexibility index (Phi) is 6.68. The number of ether oxygens (including phenoxy) is 2. The number of primary sulfonamides is 1. The number of sulfonamides is 1. The molecule has 2 aromatic rings. The molecule has 7 nitrogen and oxygen atoms in total. The standard InChI is InChI=1S/C19H18ClF3N2O5S/c20-16-5-4-12(10-17(16)31(24,27)28)18(26)25-8-6-13(7-9-25)29-14-2-1-3-15(11-14)30-19(21,22)23/h1-5,10-11,13H,6-9H2,(H2,24,27,28).